The molecule has 0 bridgehead atoms. The number of phenols is 1. The van der Waals surface area contributed by atoms with Gasteiger partial charge in [-0.1, -0.05) is 44.2 Å². The number of imide groups is 1. The molecule has 1 saturated heterocycles. The van der Waals surface area contributed by atoms with E-state index in [-0.39, 0.29) is 28.9 Å². The number of methoxy groups -OCH3 is 1. The Morgan fingerprint density at radius 2 is 2.06 bits per heavy atom. The molecule has 1 aromatic heterocycles. The van der Waals surface area contributed by atoms with Gasteiger partial charge in [0.2, 0.25) is 5.91 Å². The van der Waals surface area contributed by atoms with Gasteiger partial charge in [0.05, 0.1) is 7.11 Å². The van der Waals surface area contributed by atoms with Crippen LogP contribution in [0.25, 0.3) is 0 Å². The minimum Gasteiger partial charge on any atom is -0.508 e. The number of carbonyl (C=O) groups is 4. The standard InChI is InChI=1S/C24H28N4O6S/c1-34-22(32)18-13-35-23(25-18)27-20(30)19(12-14-6-3-2-4-7-14)28-21(31)17(26-24(28)33)11-15-8-5-9-16(29)10-15/h5,8-10,13-14,17,19,29H,2-4,6-7,11-12H2,1H3,(H,26,33)(H,25,27,30)/t17-,19-/m0/s1. The van der Waals surface area contributed by atoms with Crippen molar-refractivity contribution in [3.05, 3.63) is 40.9 Å². The van der Waals surface area contributed by atoms with Gasteiger partial charge in [-0.3, -0.25) is 9.59 Å². The molecule has 10 nitrogen and oxygen atoms in total. The van der Waals surface area contributed by atoms with Crippen LogP contribution < -0.4 is 10.6 Å². The van der Waals surface area contributed by atoms with Gasteiger partial charge in [-0.05, 0) is 30.0 Å². The number of rotatable bonds is 8. The molecule has 0 unspecified atom stereocenters. The monoisotopic (exact) mass is 500 g/mol. The van der Waals surface area contributed by atoms with Crippen LogP contribution in [0.4, 0.5) is 9.93 Å². The zero-order valence-electron chi connectivity index (χ0n) is 19.4. The topological polar surface area (TPSA) is 138 Å². The number of phenolic OH excluding ortho intramolecular Hbond substituents is 1. The van der Waals surface area contributed by atoms with Crippen LogP contribution in [-0.4, -0.2) is 58.0 Å². The Bertz CT molecular complexity index is 1110. The molecule has 4 amide bonds. The Morgan fingerprint density at radius 1 is 1.29 bits per heavy atom. The van der Waals surface area contributed by atoms with Gasteiger partial charge in [0, 0.05) is 11.8 Å². The Morgan fingerprint density at radius 3 is 2.77 bits per heavy atom. The Kier molecular flexibility index (Phi) is 7.64. The van der Waals surface area contributed by atoms with Crippen molar-refractivity contribution in [2.75, 3.05) is 12.4 Å². The first-order valence-electron chi connectivity index (χ1n) is 11.6. The van der Waals surface area contributed by atoms with Gasteiger partial charge in [-0.15, -0.1) is 11.3 Å². The van der Waals surface area contributed by atoms with E-state index in [0.29, 0.717) is 12.0 Å². The number of aromatic nitrogens is 1. The molecule has 2 atom stereocenters. The van der Waals surface area contributed by atoms with Crippen LogP contribution in [0.2, 0.25) is 0 Å². The fraction of sp³-hybridized carbons (Fsp3) is 0.458. The molecule has 2 heterocycles. The number of urea groups is 1. The van der Waals surface area contributed by atoms with Crippen molar-refractivity contribution in [1.29, 1.82) is 0 Å². The molecule has 2 aliphatic rings. The number of hydrogen-bond donors (Lipinski definition) is 3. The molecule has 4 rings (SSSR count). The summed E-state index contributed by atoms with van der Waals surface area (Å²) in [5.41, 5.74) is 0.759. The van der Waals surface area contributed by atoms with Crippen molar-refractivity contribution in [3.63, 3.8) is 0 Å². The first kappa shape index (κ1) is 24.6. The molecular formula is C24H28N4O6S. The van der Waals surface area contributed by atoms with Crippen LogP contribution in [0.15, 0.2) is 29.6 Å². The van der Waals surface area contributed by atoms with Crippen molar-refractivity contribution in [3.8, 4) is 5.75 Å². The van der Waals surface area contributed by atoms with E-state index >= 15 is 0 Å². The molecule has 2 fully saturated rings. The fourth-order valence-corrected chi connectivity index (χ4v) is 5.37. The second kappa shape index (κ2) is 10.9. The van der Waals surface area contributed by atoms with Crippen LogP contribution in [0, 0.1) is 5.92 Å². The lowest BCUT2D eigenvalue weighted by Crippen LogP contribution is -2.49. The average Bonchev–Trinajstić information content (AvgIpc) is 3.42. The highest BCUT2D eigenvalue weighted by Crippen LogP contribution is 2.31. The predicted molar refractivity (Wildman–Crippen MR) is 128 cm³/mol. The number of nitrogens with zero attached hydrogens (tertiary/aromatic N) is 2. The van der Waals surface area contributed by atoms with Gasteiger partial charge >= 0.3 is 12.0 Å². The molecule has 35 heavy (non-hydrogen) atoms. The highest BCUT2D eigenvalue weighted by atomic mass is 32.1. The SMILES string of the molecule is COC(=O)c1csc(NC(=O)[C@H](CC2CCCCC2)N2C(=O)N[C@@H](Cc3cccc(O)c3)C2=O)n1. The van der Waals surface area contributed by atoms with Crippen LogP contribution in [-0.2, 0) is 20.7 Å². The van der Waals surface area contributed by atoms with Crippen molar-refractivity contribution in [1.82, 2.24) is 15.2 Å². The van der Waals surface area contributed by atoms with E-state index in [1.54, 1.807) is 12.1 Å². The predicted octanol–water partition coefficient (Wildman–Crippen LogP) is 3.08. The van der Waals surface area contributed by atoms with Crippen LogP contribution >= 0.6 is 11.3 Å². The Hall–Kier alpha value is -3.47. The summed E-state index contributed by atoms with van der Waals surface area (Å²) in [5.74, 6) is -1.34. The molecule has 11 heteroatoms. The first-order chi connectivity index (χ1) is 16.9. The number of esters is 1. The van der Waals surface area contributed by atoms with Crippen molar-refractivity contribution in [2.45, 2.75) is 57.0 Å². The Labute approximate surface area is 206 Å². The highest BCUT2D eigenvalue weighted by Gasteiger charge is 2.45. The Balaban J connectivity index is 1.53. The van der Waals surface area contributed by atoms with Gasteiger partial charge in [0.25, 0.3) is 5.91 Å². The van der Waals surface area contributed by atoms with Crippen LogP contribution in [0.1, 0.15) is 54.6 Å². The third-order valence-corrected chi connectivity index (χ3v) is 7.18. The number of benzene rings is 1. The van der Waals surface area contributed by atoms with E-state index < -0.39 is 35.9 Å². The fourth-order valence-electron chi connectivity index (χ4n) is 4.69. The van der Waals surface area contributed by atoms with E-state index in [9.17, 15) is 24.3 Å². The summed E-state index contributed by atoms with van der Waals surface area (Å²) >= 11 is 1.06. The summed E-state index contributed by atoms with van der Waals surface area (Å²) in [6.07, 6.45) is 5.66. The average molecular weight is 501 g/mol. The lowest BCUT2D eigenvalue weighted by Gasteiger charge is -2.30. The molecule has 3 N–H and O–H groups in total. The third kappa shape index (κ3) is 5.79. The summed E-state index contributed by atoms with van der Waals surface area (Å²) in [4.78, 5) is 56.4. The van der Waals surface area contributed by atoms with Gasteiger partial charge in [0.15, 0.2) is 10.8 Å². The van der Waals surface area contributed by atoms with Gasteiger partial charge in [-0.25, -0.2) is 19.5 Å². The number of thiazole rings is 1. The number of hydrogen-bond acceptors (Lipinski definition) is 8. The summed E-state index contributed by atoms with van der Waals surface area (Å²) in [6.45, 7) is 0. The molecule has 0 spiro atoms. The zero-order valence-corrected chi connectivity index (χ0v) is 20.2. The molecule has 186 valence electrons. The summed E-state index contributed by atoms with van der Waals surface area (Å²) in [5, 5.41) is 16.7. The van der Waals surface area contributed by atoms with Crippen LogP contribution in [0.3, 0.4) is 0 Å². The number of nitrogens with one attached hydrogen (secondary N) is 2. The maximum atomic E-state index is 13.4. The summed E-state index contributed by atoms with van der Waals surface area (Å²) in [7, 11) is 1.24. The largest absolute Gasteiger partial charge is 0.508 e. The molecule has 2 aromatic rings. The molecule has 1 saturated carbocycles. The van der Waals surface area contributed by atoms with E-state index in [1.165, 1.54) is 24.6 Å². The molecule has 1 aromatic carbocycles. The number of aromatic hydroxyl groups is 1. The normalized spacial score (nSPS) is 19.3. The van der Waals surface area contributed by atoms with Gasteiger partial charge < -0.3 is 20.5 Å². The third-order valence-electron chi connectivity index (χ3n) is 6.43. The van der Waals surface area contributed by atoms with Crippen LogP contribution in [0.5, 0.6) is 5.75 Å². The molecule has 1 aliphatic carbocycles. The minimum absolute atomic E-state index is 0.0674. The number of amides is 4. The number of carbonyl (C=O) groups excluding carboxylic acids is 4. The highest BCUT2D eigenvalue weighted by molar-refractivity contribution is 7.14. The second-order valence-corrected chi connectivity index (χ2v) is 9.72. The van der Waals surface area contributed by atoms with Gasteiger partial charge in [0.1, 0.15) is 17.8 Å². The molecular weight excluding hydrogens is 472 g/mol. The maximum Gasteiger partial charge on any atom is 0.357 e. The number of ether oxygens (including phenoxy) is 1. The van der Waals surface area contributed by atoms with Crippen molar-refractivity contribution < 1.29 is 29.0 Å². The van der Waals surface area contributed by atoms with E-state index in [2.05, 4.69) is 20.4 Å². The lowest BCUT2D eigenvalue weighted by molar-refractivity contribution is -0.134. The smallest absolute Gasteiger partial charge is 0.357 e. The summed E-state index contributed by atoms with van der Waals surface area (Å²) < 4.78 is 4.65. The maximum absolute atomic E-state index is 13.4. The van der Waals surface area contributed by atoms with E-state index in [0.717, 1.165) is 48.3 Å². The van der Waals surface area contributed by atoms with E-state index in [1.807, 2.05) is 0 Å². The first-order valence-corrected chi connectivity index (χ1v) is 12.5. The van der Waals surface area contributed by atoms with Crippen molar-refractivity contribution in [2.24, 2.45) is 5.92 Å². The number of anilines is 1. The van der Waals surface area contributed by atoms with Crippen molar-refractivity contribution >= 4 is 40.3 Å². The van der Waals surface area contributed by atoms with Gasteiger partial charge in [-0.2, -0.15) is 0 Å². The molecule has 0 radical (unpaired) electrons. The lowest BCUT2D eigenvalue weighted by atomic mass is 9.84. The zero-order chi connectivity index (χ0) is 24.9. The van der Waals surface area contributed by atoms with E-state index in [4.69, 9.17) is 0 Å². The minimum atomic E-state index is -1.01. The molecule has 1 aliphatic heterocycles. The second-order valence-electron chi connectivity index (χ2n) is 8.86. The summed E-state index contributed by atoms with van der Waals surface area (Å²) in [6, 6.07) is 4.03. The quantitative estimate of drug-likeness (QED) is 0.374.